The Morgan fingerprint density at radius 3 is 2.24 bits per heavy atom. The molecule has 0 unspecified atom stereocenters. The van der Waals surface area contributed by atoms with Crippen molar-refractivity contribution in [3.8, 4) is 0 Å². The van der Waals surface area contributed by atoms with Gasteiger partial charge in [-0.3, -0.25) is 9.59 Å². The van der Waals surface area contributed by atoms with Crippen molar-refractivity contribution in [2.45, 2.75) is 51.5 Å². The van der Waals surface area contributed by atoms with Crippen molar-refractivity contribution >= 4 is 29.2 Å². The van der Waals surface area contributed by atoms with Crippen LogP contribution in [0.1, 0.15) is 44.6 Å². The number of anilines is 2. The van der Waals surface area contributed by atoms with Crippen molar-refractivity contribution in [3.05, 3.63) is 60.2 Å². The van der Waals surface area contributed by atoms with E-state index < -0.39 is 5.97 Å². The van der Waals surface area contributed by atoms with E-state index >= 15 is 0 Å². The maximum absolute atomic E-state index is 12.8. The van der Waals surface area contributed by atoms with Gasteiger partial charge in [0, 0.05) is 55.9 Å². The van der Waals surface area contributed by atoms with E-state index in [0.29, 0.717) is 12.1 Å². The number of carboxylic acids is 1. The molecule has 1 fully saturated rings. The van der Waals surface area contributed by atoms with E-state index in [4.69, 9.17) is 0 Å². The van der Waals surface area contributed by atoms with Crippen molar-refractivity contribution in [3.63, 3.8) is 0 Å². The summed E-state index contributed by atoms with van der Waals surface area (Å²) in [5, 5.41) is 13.2. The summed E-state index contributed by atoms with van der Waals surface area (Å²) >= 11 is 0. The molecule has 0 aromatic heterocycles. The number of carbonyl (C=O) groups is 3. The molecule has 1 aliphatic heterocycles. The van der Waals surface area contributed by atoms with Gasteiger partial charge in [-0.15, -0.1) is 0 Å². The second kappa shape index (κ2) is 14.0. The van der Waals surface area contributed by atoms with Crippen LogP contribution < -0.4 is 34.2 Å². The number of carboxylic acid groups (broad SMARTS) is 1. The third-order valence-electron chi connectivity index (χ3n) is 6.04. The van der Waals surface area contributed by atoms with Gasteiger partial charge in [0.1, 0.15) is 0 Å². The molecule has 1 heterocycles. The number of rotatable bonds is 10. The Bertz CT molecular complexity index is 929. The average molecular weight is 458 g/mol. The average Bonchev–Trinajstić information content (AvgIpc) is 2.84. The number of amides is 2. The van der Waals surface area contributed by atoms with E-state index in [1.54, 1.807) is 12.1 Å². The summed E-state index contributed by atoms with van der Waals surface area (Å²) in [4.78, 5) is 39.5. The molecule has 0 saturated carbocycles. The summed E-state index contributed by atoms with van der Waals surface area (Å²) in [7, 11) is 0. The Labute approximate surface area is 213 Å². The monoisotopic (exact) mass is 457 g/mol. The first-order valence-corrected chi connectivity index (χ1v) is 11.6. The van der Waals surface area contributed by atoms with Crippen LogP contribution in [-0.2, 0) is 20.8 Å². The predicted molar refractivity (Wildman–Crippen MR) is 127 cm³/mol. The van der Waals surface area contributed by atoms with Gasteiger partial charge < -0.3 is 25.0 Å². The van der Waals surface area contributed by atoms with E-state index in [1.807, 2.05) is 30.0 Å². The normalized spacial score (nSPS) is 14.1. The molecule has 1 saturated heterocycles. The summed E-state index contributed by atoms with van der Waals surface area (Å²) in [5.41, 5.74) is 2.73. The number of piperidine rings is 1. The Balaban J connectivity index is 0.00000408. The maximum Gasteiger partial charge on any atom is 1.00 e. The van der Waals surface area contributed by atoms with Gasteiger partial charge in [0.05, 0.1) is 0 Å². The number of nitrogens with zero attached hydrogens (tertiary/aromatic N) is 2. The number of aliphatic carboxylic acids is 1. The molecule has 2 aromatic carbocycles. The largest absolute Gasteiger partial charge is 1.00 e. The van der Waals surface area contributed by atoms with Gasteiger partial charge in [-0.25, -0.2) is 0 Å². The summed E-state index contributed by atoms with van der Waals surface area (Å²) in [6, 6.07) is 17.8. The minimum absolute atomic E-state index is 0. The quantitative estimate of drug-likeness (QED) is 0.491. The van der Waals surface area contributed by atoms with Crippen molar-refractivity contribution < 1.29 is 38.4 Å². The molecular formula is C26H32LiN3O4. The minimum Gasteiger partial charge on any atom is -0.550 e. The molecule has 34 heavy (non-hydrogen) atoms. The van der Waals surface area contributed by atoms with Crippen LogP contribution in [0.3, 0.4) is 0 Å². The zero-order valence-electron chi connectivity index (χ0n) is 20.2. The molecule has 3 rings (SSSR count). The first-order chi connectivity index (χ1) is 16.0. The molecule has 0 bridgehead atoms. The molecule has 1 N–H and O–H groups in total. The van der Waals surface area contributed by atoms with Crippen molar-refractivity contribution in [2.75, 3.05) is 29.9 Å². The second-order valence-corrected chi connectivity index (χ2v) is 8.39. The van der Waals surface area contributed by atoms with E-state index in [2.05, 4.69) is 34.5 Å². The third-order valence-corrected chi connectivity index (χ3v) is 6.04. The van der Waals surface area contributed by atoms with Gasteiger partial charge in [0.15, 0.2) is 0 Å². The van der Waals surface area contributed by atoms with Crippen molar-refractivity contribution in [1.82, 2.24) is 4.90 Å². The molecule has 7 nitrogen and oxygen atoms in total. The van der Waals surface area contributed by atoms with Gasteiger partial charge in [-0.1, -0.05) is 37.3 Å². The van der Waals surface area contributed by atoms with Crippen molar-refractivity contribution in [2.24, 2.45) is 0 Å². The third kappa shape index (κ3) is 8.32. The zero-order valence-corrected chi connectivity index (χ0v) is 20.2. The van der Waals surface area contributed by atoms with Crippen LogP contribution in [0.2, 0.25) is 0 Å². The summed E-state index contributed by atoms with van der Waals surface area (Å²) in [5.74, 6) is -1.54. The van der Waals surface area contributed by atoms with Crippen LogP contribution in [0.4, 0.5) is 11.4 Å². The molecule has 2 amide bonds. The second-order valence-electron chi connectivity index (χ2n) is 8.39. The molecular weight excluding hydrogens is 425 g/mol. The zero-order chi connectivity index (χ0) is 23.6. The van der Waals surface area contributed by atoms with E-state index in [0.717, 1.165) is 44.6 Å². The van der Waals surface area contributed by atoms with Gasteiger partial charge in [-0.2, -0.15) is 0 Å². The molecule has 0 radical (unpaired) electrons. The van der Waals surface area contributed by atoms with Crippen molar-refractivity contribution in [1.29, 1.82) is 0 Å². The van der Waals surface area contributed by atoms with Gasteiger partial charge in [-0.05, 0) is 55.5 Å². The molecule has 2 aromatic rings. The number of carbonyl (C=O) groups excluding carboxylic acids is 3. The summed E-state index contributed by atoms with van der Waals surface area (Å²) in [6.07, 6.45) is 2.85. The van der Waals surface area contributed by atoms with Crippen LogP contribution in [0.15, 0.2) is 54.6 Å². The summed E-state index contributed by atoms with van der Waals surface area (Å²) in [6.45, 7) is 4.80. The van der Waals surface area contributed by atoms with Crippen LogP contribution in [0, 0.1) is 0 Å². The summed E-state index contributed by atoms with van der Waals surface area (Å²) < 4.78 is 0. The molecule has 0 spiro atoms. The standard InChI is InChI=1S/C26H33N3O4.Li/c1-2-25(31)29(22-10-8-21(9-11-22)27-24(30)12-13-26(32)33)23-15-18-28(19-16-23)17-14-20-6-4-3-5-7-20;/h3-11,23H,2,12-19H2,1H3,(H,27,30)(H,32,33);/q;+1/p-1. The SMILES string of the molecule is CCC(=O)N(c1ccc(NC(=O)CCC(=O)[O-])cc1)C1CCN(CCc2ccccc2)CC1.[Li+]. The fraction of sp³-hybridized carbons (Fsp3) is 0.423. The smallest absolute Gasteiger partial charge is 0.550 e. The Kier molecular flexibility index (Phi) is 11.3. The Hall–Kier alpha value is -2.59. The van der Waals surface area contributed by atoms with Gasteiger partial charge in [0.2, 0.25) is 11.8 Å². The van der Waals surface area contributed by atoms with Crippen LogP contribution in [0.5, 0.6) is 0 Å². The fourth-order valence-electron chi connectivity index (χ4n) is 4.21. The topological polar surface area (TPSA) is 92.8 Å². The number of likely N-dealkylation sites (tertiary alicyclic amines) is 1. The number of nitrogens with one attached hydrogen (secondary N) is 1. The first-order valence-electron chi connectivity index (χ1n) is 11.6. The fourth-order valence-corrected chi connectivity index (χ4v) is 4.21. The van der Waals surface area contributed by atoms with Crippen LogP contribution in [-0.4, -0.2) is 48.4 Å². The Morgan fingerprint density at radius 2 is 1.65 bits per heavy atom. The Morgan fingerprint density at radius 1 is 1.00 bits per heavy atom. The molecule has 8 heteroatoms. The first kappa shape index (κ1) is 27.7. The number of hydrogen-bond donors (Lipinski definition) is 1. The van der Waals surface area contributed by atoms with Gasteiger partial charge in [0.25, 0.3) is 0 Å². The van der Waals surface area contributed by atoms with E-state index in [-0.39, 0.29) is 49.6 Å². The molecule has 1 aliphatic rings. The van der Waals surface area contributed by atoms with Crippen LogP contribution in [0.25, 0.3) is 0 Å². The maximum atomic E-state index is 12.8. The minimum atomic E-state index is -1.25. The number of hydrogen-bond acceptors (Lipinski definition) is 5. The predicted octanol–water partition coefficient (Wildman–Crippen LogP) is -0.391. The van der Waals surface area contributed by atoms with E-state index in [9.17, 15) is 19.5 Å². The van der Waals surface area contributed by atoms with E-state index in [1.165, 1.54) is 5.56 Å². The molecule has 0 atom stereocenters. The molecule has 0 aliphatic carbocycles. The van der Waals surface area contributed by atoms with Crippen LogP contribution >= 0.6 is 0 Å². The van der Waals surface area contributed by atoms with Gasteiger partial charge >= 0.3 is 18.9 Å². The molecule has 176 valence electrons. The number of benzene rings is 2.